The van der Waals surface area contributed by atoms with Crippen molar-refractivity contribution in [3.63, 3.8) is 0 Å². The van der Waals surface area contributed by atoms with Crippen LogP contribution in [0.2, 0.25) is 0 Å². The first-order valence-electron chi connectivity index (χ1n) is 11.6. The van der Waals surface area contributed by atoms with Gasteiger partial charge < -0.3 is 14.9 Å². The van der Waals surface area contributed by atoms with Crippen molar-refractivity contribution < 1.29 is 9.47 Å². The highest BCUT2D eigenvalue weighted by molar-refractivity contribution is 9.10. The molecule has 0 radical (unpaired) electrons. The molecule has 0 aromatic heterocycles. The molecule has 1 aromatic carbocycles. The molecule has 35 heavy (non-hydrogen) atoms. The Bertz CT molecular complexity index is 1200. The molecule has 180 valence electrons. The van der Waals surface area contributed by atoms with Gasteiger partial charge in [-0.15, -0.1) is 0 Å². The van der Waals surface area contributed by atoms with Gasteiger partial charge in [0.1, 0.15) is 12.0 Å². The summed E-state index contributed by atoms with van der Waals surface area (Å²) in [5.41, 5.74) is -0.541. The van der Waals surface area contributed by atoms with Crippen molar-refractivity contribution in [2.45, 2.75) is 46.5 Å². The minimum atomic E-state index is -1.82. The van der Waals surface area contributed by atoms with E-state index in [1.165, 1.54) is 0 Å². The number of rotatable bonds is 5. The quantitative estimate of drug-likeness (QED) is 0.457. The van der Waals surface area contributed by atoms with Gasteiger partial charge >= 0.3 is 0 Å². The summed E-state index contributed by atoms with van der Waals surface area (Å²) >= 11 is 3.60. The minimum Gasteiger partial charge on any atom is -0.490 e. The maximum Gasteiger partial charge on any atom is 0.189 e. The van der Waals surface area contributed by atoms with E-state index in [4.69, 9.17) is 20.1 Å². The van der Waals surface area contributed by atoms with E-state index in [0.29, 0.717) is 34.6 Å². The third-order valence-corrected chi connectivity index (χ3v) is 7.90. The second-order valence-electron chi connectivity index (χ2n) is 10.0. The Morgan fingerprint density at radius 3 is 2.31 bits per heavy atom. The number of benzene rings is 1. The van der Waals surface area contributed by atoms with Crippen LogP contribution in [0.3, 0.4) is 0 Å². The van der Waals surface area contributed by atoms with E-state index in [-0.39, 0.29) is 29.6 Å². The number of hydrogen-bond acceptors (Lipinski definition) is 7. The zero-order chi connectivity index (χ0) is 26.0. The van der Waals surface area contributed by atoms with Gasteiger partial charge in [0.05, 0.1) is 30.5 Å². The number of nitriles is 4. The molecule has 4 unspecified atom stereocenters. The largest absolute Gasteiger partial charge is 0.490 e. The van der Waals surface area contributed by atoms with Crippen molar-refractivity contribution >= 4 is 21.6 Å². The number of nitrogens with one attached hydrogen (secondary N) is 1. The fourth-order valence-corrected chi connectivity index (χ4v) is 5.92. The second-order valence-corrected chi connectivity index (χ2v) is 10.9. The smallest absolute Gasteiger partial charge is 0.189 e. The highest BCUT2D eigenvalue weighted by atomic mass is 79.9. The Labute approximate surface area is 215 Å². The van der Waals surface area contributed by atoms with E-state index in [0.717, 1.165) is 12.0 Å². The number of nitrogens with zero attached hydrogens (tertiary/aromatic N) is 4. The first-order valence-corrected chi connectivity index (χ1v) is 12.4. The average molecular weight is 534 g/mol. The maximum absolute atomic E-state index is 10.4. The molecule has 2 aliphatic rings. The molecule has 0 aliphatic heterocycles. The van der Waals surface area contributed by atoms with Crippen LogP contribution in [0.1, 0.15) is 52.0 Å². The molecule has 1 aromatic rings. The van der Waals surface area contributed by atoms with E-state index in [2.05, 4.69) is 61.0 Å². The predicted molar refractivity (Wildman–Crippen MR) is 133 cm³/mol. The Balaban J connectivity index is 2.30. The van der Waals surface area contributed by atoms with E-state index in [9.17, 15) is 15.8 Å². The summed E-state index contributed by atoms with van der Waals surface area (Å²) in [6.07, 6.45) is 3.53. The molecule has 0 bridgehead atoms. The van der Waals surface area contributed by atoms with Crippen LogP contribution >= 0.6 is 15.9 Å². The van der Waals surface area contributed by atoms with Gasteiger partial charge in [0, 0.05) is 10.4 Å². The molecular weight excluding hydrogens is 506 g/mol. The number of halogens is 1. The van der Waals surface area contributed by atoms with Gasteiger partial charge in [-0.2, -0.15) is 21.0 Å². The topological polar surface area (TPSA) is 137 Å². The Morgan fingerprint density at radius 2 is 1.77 bits per heavy atom. The Hall–Kier alpha value is -3.33. The van der Waals surface area contributed by atoms with Gasteiger partial charge in [-0.1, -0.05) is 42.8 Å². The van der Waals surface area contributed by atoms with Crippen molar-refractivity contribution in [3.05, 3.63) is 33.8 Å². The molecule has 1 saturated carbocycles. The lowest BCUT2D eigenvalue weighted by Crippen LogP contribution is -2.50. The van der Waals surface area contributed by atoms with Gasteiger partial charge in [-0.05, 0) is 60.3 Å². The van der Waals surface area contributed by atoms with Gasteiger partial charge in [0.15, 0.2) is 23.5 Å². The molecule has 3 rings (SSSR count). The number of allylic oxidation sites excluding steroid dienone is 2. The average Bonchev–Trinajstić information content (AvgIpc) is 2.83. The van der Waals surface area contributed by atoms with Crippen molar-refractivity contribution in [3.8, 4) is 35.8 Å². The van der Waals surface area contributed by atoms with Gasteiger partial charge in [0.25, 0.3) is 0 Å². The molecular formula is C27H28BrN5O2. The fourth-order valence-electron chi connectivity index (χ4n) is 5.35. The number of hydrogen-bond donors (Lipinski definition) is 1. The second kappa shape index (κ2) is 10.1. The maximum atomic E-state index is 10.4. The molecule has 1 fully saturated rings. The third kappa shape index (κ3) is 4.52. The van der Waals surface area contributed by atoms with Crippen LogP contribution in [-0.4, -0.2) is 18.9 Å². The van der Waals surface area contributed by atoms with Crippen molar-refractivity contribution in [1.82, 2.24) is 0 Å². The summed E-state index contributed by atoms with van der Waals surface area (Å²) in [5, 5.41) is 48.5. The molecule has 0 saturated heterocycles. The summed E-state index contributed by atoms with van der Waals surface area (Å²) in [5.74, 6) is -0.819. The zero-order valence-corrected chi connectivity index (χ0v) is 21.9. The monoisotopic (exact) mass is 533 g/mol. The van der Waals surface area contributed by atoms with Crippen molar-refractivity contribution in [1.29, 1.82) is 26.5 Å². The lowest BCUT2D eigenvalue weighted by atomic mass is 9.51. The van der Waals surface area contributed by atoms with Gasteiger partial charge in [-0.3, -0.25) is 0 Å². The minimum absolute atomic E-state index is 0.00959. The lowest BCUT2D eigenvalue weighted by molar-refractivity contribution is 0.167. The third-order valence-electron chi connectivity index (χ3n) is 7.22. The normalized spacial score (nSPS) is 25.1. The van der Waals surface area contributed by atoms with E-state index < -0.39 is 17.3 Å². The van der Waals surface area contributed by atoms with Crippen LogP contribution in [0.15, 0.2) is 28.3 Å². The highest BCUT2D eigenvalue weighted by Gasteiger charge is 2.58. The molecule has 0 spiro atoms. The summed E-state index contributed by atoms with van der Waals surface area (Å²) in [7, 11) is 0. The summed E-state index contributed by atoms with van der Waals surface area (Å²) in [6.45, 7) is 8.53. The standard InChI is InChI=1S/C27H28BrN5O2/c1-5-34-22-11-19(21(28)12-23(22)35-9-8-29)24-18-10-16(26(2,3)4)6-7-17(18)20(13-30)25(33)27(24,14-31)15-32/h7,11-12,16,18,20,24,33H,5-6,9-10H2,1-4H3. The summed E-state index contributed by atoms with van der Waals surface area (Å²) in [4.78, 5) is 0. The van der Waals surface area contributed by atoms with Crippen LogP contribution in [0.4, 0.5) is 0 Å². The molecule has 8 heteroatoms. The van der Waals surface area contributed by atoms with Crippen molar-refractivity contribution in [2.24, 2.45) is 28.6 Å². The van der Waals surface area contributed by atoms with Gasteiger partial charge in [-0.25, -0.2) is 0 Å². The van der Waals surface area contributed by atoms with Crippen molar-refractivity contribution in [2.75, 3.05) is 13.2 Å². The molecule has 0 amide bonds. The van der Waals surface area contributed by atoms with Crippen LogP contribution in [0.5, 0.6) is 11.5 Å². The van der Waals surface area contributed by atoms with Gasteiger partial charge in [0.2, 0.25) is 0 Å². The predicted octanol–water partition coefficient (Wildman–Crippen LogP) is 6.04. The highest BCUT2D eigenvalue weighted by Crippen LogP contribution is 2.59. The Morgan fingerprint density at radius 1 is 1.11 bits per heavy atom. The molecule has 2 aliphatic carbocycles. The SMILES string of the molecule is CCOc1cc(C2C3CC(C(C)(C)C)CC=C3C(C#N)C(=N)C2(C#N)C#N)c(Br)cc1OCC#N. The zero-order valence-electron chi connectivity index (χ0n) is 20.4. The van der Waals surface area contributed by atoms with Crippen LogP contribution < -0.4 is 9.47 Å². The van der Waals surface area contributed by atoms with Crippen LogP contribution in [0.25, 0.3) is 0 Å². The van der Waals surface area contributed by atoms with E-state index >= 15 is 0 Å². The molecule has 1 N–H and O–H groups in total. The summed E-state index contributed by atoms with van der Waals surface area (Å²) in [6, 6.07) is 11.9. The van der Waals surface area contributed by atoms with E-state index in [1.54, 1.807) is 12.1 Å². The number of ether oxygens (including phenoxy) is 2. The van der Waals surface area contributed by atoms with Crippen LogP contribution in [-0.2, 0) is 0 Å². The molecule has 7 nitrogen and oxygen atoms in total. The van der Waals surface area contributed by atoms with Crippen LogP contribution in [0, 0.1) is 79.3 Å². The molecule has 4 atom stereocenters. The first kappa shape index (κ1) is 26.3. The number of fused-ring (bicyclic) bond motifs is 1. The summed E-state index contributed by atoms with van der Waals surface area (Å²) < 4.78 is 11.9. The lowest BCUT2D eigenvalue weighted by Gasteiger charge is -2.49. The fraction of sp³-hybridized carbons (Fsp3) is 0.519. The Kier molecular flexibility index (Phi) is 7.59. The first-order chi connectivity index (χ1) is 16.6. The molecule has 0 heterocycles. The van der Waals surface area contributed by atoms with E-state index in [1.807, 2.05) is 13.0 Å².